The van der Waals surface area contributed by atoms with E-state index >= 15 is 0 Å². The fourth-order valence-corrected chi connectivity index (χ4v) is 3.26. The predicted molar refractivity (Wildman–Crippen MR) is 102 cm³/mol. The van der Waals surface area contributed by atoms with Gasteiger partial charge in [-0.05, 0) is 29.3 Å². The van der Waals surface area contributed by atoms with Gasteiger partial charge in [-0.2, -0.15) is 5.10 Å². The molecule has 0 aliphatic heterocycles. The van der Waals surface area contributed by atoms with Crippen LogP contribution in [0.4, 0.5) is 0 Å². The van der Waals surface area contributed by atoms with Gasteiger partial charge in [-0.15, -0.1) is 0 Å². The number of nitrogens with one attached hydrogen (secondary N) is 2. The normalized spacial score (nSPS) is 12.2. The van der Waals surface area contributed by atoms with E-state index in [1.807, 2.05) is 49.4 Å². The maximum Gasteiger partial charge on any atom is 0.272 e. The van der Waals surface area contributed by atoms with Crippen LogP contribution in [-0.2, 0) is 0 Å². The van der Waals surface area contributed by atoms with Gasteiger partial charge in [0.25, 0.3) is 11.5 Å². The SMILES string of the molecule is C[C@@H](NC(=O)c1n[nH]c(=O)c2ccccc12)c1cccc2ccccc12. The Labute approximate surface area is 149 Å². The number of aromatic nitrogens is 2. The summed E-state index contributed by atoms with van der Waals surface area (Å²) in [6.45, 7) is 1.94. The van der Waals surface area contributed by atoms with Gasteiger partial charge in [0.1, 0.15) is 0 Å². The Morgan fingerprint density at radius 2 is 1.58 bits per heavy atom. The number of carbonyl (C=O) groups is 1. The lowest BCUT2D eigenvalue weighted by atomic mass is 9.99. The van der Waals surface area contributed by atoms with Gasteiger partial charge in [-0.25, -0.2) is 5.10 Å². The van der Waals surface area contributed by atoms with E-state index in [1.165, 1.54) is 0 Å². The van der Waals surface area contributed by atoms with Gasteiger partial charge in [0.05, 0.1) is 11.4 Å². The second-order valence-electron chi connectivity index (χ2n) is 6.21. The van der Waals surface area contributed by atoms with E-state index in [2.05, 4.69) is 15.5 Å². The second-order valence-corrected chi connectivity index (χ2v) is 6.21. The zero-order valence-electron chi connectivity index (χ0n) is 14.2. The van der Waals surface area contributed by atoms with E-state index in [1.54, 1.807) is 24.3 Å². The molecule has 5 heteroatoms. The highest BCUT2D eigenvalue weighted by Crippen LogP contribution is 2.24. The third-order valence-electron chi connectivity index (χ3n) is 4.55. The van der Waals surface area contributed by atoms with Crippen molar-refractivity contribution in [3.63, 3.8) is 0 Å². The van der Waals surface area contributed by atoms with Crippen molar-refractivity contribution >= 4 is 27.5 Å². The Hall–Kier alpha value is -3.47. The number of carbonyl (C=O) groups excluding carboxylic acids is 1. The van der Waals surface area contributed by atoms with Crippen LogP contribution < -0.4 is 10.9 Å². The Morgan fingerprint density at radius 3 is 2.38 bits per heavy atom. The summed E-state index contributed by atoms with van der Waals surface area (Å²) >= 11 is 0. The molecule has 0 saturated carbocycles. The molecule has 0 radical (unpaired) electrons. The number of hydrogen-bond acceptors (Lipinski definition) is 3. The number of H-pyrrole nitrogens is 1. The van der Waals surface area contributed by atoms with E-state index in [0.29, 0.717) is 10.8 Å². The van der Waals surface area contributed by atoms with Crippen molar-refractivity contribution in [3.05, 3.63) is 88.3 Å². The van der Waals surface area contributed by atoms with Gasteiger partial charge < -0.3 is 5.32 Å². The van der Waals surface area contributed by atoms with E-state index in [0.717, 1.165) is 16.3 Å². The van der Waals surface area contributed by atoms with Gasteiger partial charge in [-0.3, -0.25) is 9.59 Å². The van der Waals surface area contributed by atoms with Crippen molar-refractivity contribution in [1.82, 2.24) is 15.5 Å². The summed E-state index contributed by atoms with van der Waals surface area (Å²) < 4.78 is 0. The number of amides is 1. The number of nitrogens with zero attached hydrogens (tertiary/aromatic N) is 1. The van der Waals surface area contributed by atoms with Crippen LogP contribution in [-0.4, -0.2) is 16.1 Å². The highest BCUT2D eigenvalue weighted by atomic mass is 16.2. The van der Waals surface area contributed by atoms with Crippen molar-refractivity contribution in [2.75, 3.05) is 0 Å². The monoisotopic (exact) mass is 343 g/mol. The molecule has 1 heterocycles. The Balaban J connectivity index is 1.70. The predicted octanol–water partition coefficient (Wildman–Crippen LogP) is 3.57. The molecule has 0 bridgehead atoms. The Kier molecular flexibility index (Phi) is 3.97. The third kappa shape index (κ3) is 2.73. The largest absolute Gasteiger partial charge is 0.344 e. The lowest BCUT2D eigenvalue weighted by Crippen LogP contribution is -2.29. The van der Waals surface area contributed by atoms with Crippen LogP contribution in [0, 0.1) is 0 Å². The minimum atomic E-state index is -0.321. The van der Waals surface area contributed by atoms with Crippen LogP contribution in [0.3, 0.4) is 0 Å². The van der Waals surface area contributed by atoms with Gasteiger partial charge in [0.2, 0.25) is 0 Å². The Morgan fingerprint density at radius 1 is 0.923 bits per heavy atom. The van der Waals surface area contributed by atoms with Crippen molar-refractivity contribution in [1.29, 1.82) is 0 Å². The number of fused-ring (bicyclic) bond motifs is 2. The Bertz CT molecular complexity index is 1180. The molecule has 0 saturated heterocycles. The molecule has 3 aromatic carbocycles. The topological polar surface area (TPSA) is 74.8 Å². The smallest absolute Gasteiger partial charge is 0.272 e. The zero-order chi connectivity index (χ0) is 18.1. The lowest BCUT2D eigenvalue weighted by molar-refractivity contribution is 0.0936. The van der Waals surface area contributed by atoms with Crippen molar-refractivity contribution in [3.8, 4) is 0 Å². The van der Waals surface area contributed by atoms with Crippen LogP contribution >= 0.6 is 0 Å². The first kappa shape index (κ1) is 16.0. The van der Waals surface area contributed by atoms with Crippen molar-refractivity contribution in [2.24, 2.45) is 0 Å². The molecule has 128 valence electrons. The molecule has 4 aromatic rings. The standard InChI is InChI=1S/C21H17N3O2/c1-13(15-12-6-8-14-7-2-3-9-16(14)15)22-21(26)19-17-10-4-5-11-18(17)20(25)24-23-19/h2-13H,1H3,(H,22,26)(H,24,25)/t13-/m1/s1. The number of aromatic amines is 1. The summed E-state index contributed by atoms with van der Waals surface area (Å²) in [5.74, 6) is -0.321. The van der Waals surface area contributed by atoms with Gasteiger partial charge in [0.15, 0.2) is 5.69 Å². The van der Waals surface area contributed by atoms with Crippen LogP contribution in [0.15, 0.2) is 71.5 Å². The molecule has 5 nitrogen and oxygen atoms in total. The first-order valence-corrected chi connectivity index (χ1v) is 8.41. The van der Waals surface area contributed by atoms with Crippen LogP contribution in [0.2, 0.25) is 0 Å². The summed E-state index contributed by atoms with van der Waals surface area (Å²) in [5.41, 5.74) is 0.941. The maximum atomic E-state index is 12.8. The average molecular weight is 343 g/mol. The van der Waals surface area contributed by atoms with E-state index in [-0.39, 0.29) is 23.2 Å². The van der Waals surface area contributed by atoms with Crippen LogP contribution in [0.5, 0.6) is 0 Å². The fraction of sp³-hybridized carbons (Fsp3) is 0.0952. The zero-order valence-corrected chi connectivity index (χ0v) is 14.2. The molecule has 1 amide bonds. The second kappa shape index (κ2) is 6.44. The van der Waals surface area contributed by atoms with E-state index < -0.39 is 0 Å². The molecule has 0 spiro atoms. The maximum absolute atomic E-state index is 12.8. The molecule has 0 unspecified atom stereocenters. The van der Waals surface area contributed by atoms with Gasteiger partial charge in [-0.1, -0.05) is 60.7 Å². The number of hydrogen-bond donors (Lipinski definition) is 2. The summed E-state index contributed by atoms with van der Waals surface area (Å²) in [7, 11) is 0. The average Bonchev–Trinajstić information content (AvgIpc) is 2.68. The van der Waals surface area contributed by atoms with E-state index in [4.69, 9.17) is 0 Å². The minimum Gasteiger partial charge on any atom is -0.344 e. The molecule has 1 aromatic heterocycles. The van der Waals surface area contributed by atoms with Gasteiger partial charge in [0, 0.05) is 5.39 Å². The summed E-state index contributed by atoms with van der Waals surface area (Å²) in [4.78, 5) is 24.7. The molecule has 0 fully saturated rings. The van der Waals surface area contributed by atoms with Crippen molar-refractivity contribution in [2.45, 2.75) is 13.0 Å². The summed E-state index contributed by atoms with van der Waals surface area (Å²) in [5, 5.41) is 12.6. The van der Waals surface area contributed by atoms with E-state index in [9.17, 15) is 9.59 Å². The highest BCUT2D eigenvalue weighted by Gasteiger charge is 2.17. The van der Waals surface area contributed by atoms with Crippen molar-refractivity contribution < 1.29 is 4.79 Å². The molecular weight excluding hydrogens is 326 g/mol. The number of benzene rings is 3. The molecule has 2 N–H and O–H groups in total. The third-order valence-corrected chi connectivity index (χ3v) is 4.55. The molecule has 0 aliphatic rings. The summed E-state index contributed by atoms with van der Waals surface area (Å²) in [6.07, 6.45) is 0. The molecule has 4 rings (SSSR count). The molecule has 1 atom stereocenters. The molecule has 0 aliphatic carbocycles. The molecular formula is C21H17N3O2. The first-order valence-electron chi connectivity index (χ1n) is 8.41. The molecule has 26 heavy (non-hydrogen) atoms. The van der Waals surface area contributed by atoms with Crippen LogP contribution in [0.1, 0.15) is 29.0 Å². The quantitative estimate of drug-likeness (QED) is 0.597. The lowest BCUT2D eigenvalue weighted by Gasteiger charge is -2.17. The first-order chi connectivity index (χ1) is 12.6. The summed E-state index contributed by atoms with van der Waals surface area (Å²) in [6, 6.07) is 20.8. The fourth-order valence-electron chi connectivity index (χ4n) is 3.26. The van der Waals surface area contributed by atoms with Crippen LogP contribution in [0.25, 0.3) is 21.5 Å². The highest BCUT2D eigenvalue weighted by molar-refractivity contribution is 6.05. The minimum absolute atomic E-state index is 0.207. The van der Waals surface area contributed by atoms with Gasteiger partial charge >= 0.3 is 0 Å². The number of rotatable bonds is 3.